The molecule has 0 spiro atoms. The zero-order chi connectivity index (χ0) is 9.10. The number of carbonyl (C=O) groups excluding carboxylic acids is 1. The van der Waals surface area contributed by atoms with E-state index in [9.17, 15) is 4.79 Å². The molecule has 0 aliphatic carbocycles. The van der Waals surface area contributed by atoms with Crippen LogP contribution in [0.1, 0.15) is 25.7 Å². The zero-order valence-electron chi connectivity index (χ0n) is 7.79. The van der Waals surface area contributed by atoms with Gasteiger partial charge in [-0.15, -0.1) is 0 Å². The molecule has 0 aromatic rings. The minimum atomic E-state index is 0.139. The molecule has 4 nitrogen and oxygen atoms in total. The Balaban J connectivity index is 1.81. The standard InChI is InChI=1S/C9H16N2O2/c12-9-4-2-6-13-11(9)7-8-3-1-5-10-8/h8,10H,1-7H2. The van der Waals surface area contributed by atoms with E-state index >= 15 is 0 Å². The second-order valence-electron chi connectivity index (χ2n) is 3.68. The Labute approximate surface area is 78.2 Å². The first-order chi connectivity index (χ1) is 6.36. The predicted molar refractivity (Wildman–Crippen MR) is 47.9 cm³/mol. The predicted octanol–water partition coefficient (Wildman–Crippen LogP) is 0.292. The van der Waals surface area contributed by atoms with Crippen molar-refractivity contribution in [3.63, 3.8) is 0 Å². The third kappa shape index (κ3) is 2.19. The minimum Gasteiger partial charge on any atom is -0.312 e. The van der Waals surface area contributed by atoms with Crippen LogP contribution in [0.25, 0.3) is 0 Å². The summed E-state index contributed by atoms with van der Waals surface area (Å²) in [4.78, 5) is 16.7. The number of nitrogens with one attached hydrogen (secondary N) is 1. The molecule has 74 valence electrons. The van der Waals surface area contributed by atoms with Gasteiger partial charge in [-0.2, -0.15) is 0 Å². The molecule has 1 N–H and O–H groups in total. The van der Waals surface area contributed by atoms with Crippen molar-refractivity contribution in [3.8, 4) is 0 Å². The number of carbonyl (C=O) groups is 1. The number of hydroxylamine groups is 2. The minimum absolute atomic E-state index is 0.139. The summed E-state index contributed by atoms with van der Waals surface area (Å²) in [7, 11) is 0. The molecule has 1 atom stereocenters. The van der Waals surface area contributed by atoms with E-state index in [0.717, 1.165) is 25.9 Å². The van der Waals surface area contributed by atoms with Crippen molar-refractivity contribution in [2.45, 2.75) is 31.7 Å². The molecular formula is C9H16N2O2. The molecule has 0 bridgehead atoms. The van der Waals surface area contributed by atoms with Gasteiger partial charge in [0.2, 0.25) is 5.91 Å². The van der Waals surface area contributed by atoms with Gasteiger partial charge in [-0.1, -0.05) is 0 Å². The van der Waals surface area contributed by atoms with Crippen LogP contribution >= 0.6 is 0 Å². The first-order valence-electron chi connectivity index (χ1n) is 5.03. The Morgan fingerprint density at radius 1 is 1.54 bits per heavy atom. The Morgan fingerprint density at radius 3 is 3.15 bits per heavy atom. The van der Waals surface area contributed by atoms with E-state index in [1.807, 2.05) is 0 Å². The van der Waals surface area contributed by atoms with E-state index in [-0.39, 0.29) is 5.91 Å². The Bertz CT molecular complexity index is 190. The average molecular weight is 184 g/mol. The molecule has 1 unspecified atom stereocenters. The lowest BCUT2D eigenvalue weighted by Gasteiger charge is -2.28. The van der Waals surface area contributed by atoms with E-state index in [4.69, 9.17) is 4.84 Å². The summed E-state index contributed by atoms with van der Waals surface area (Å²) in [5.74, 6) is 0.139. The van der Waals surface area contributed by atoms with Crippen LogP contribution in [0.3, 0.4) is 0 Å². The van der Waals surface area contributed by atoms with Crippen molar-refractivity contribution < 1.29 is 9.63 Å². The van der Waals surface area contributed by atoms with Gasteiger partial charge in [-0.05, 0) is 25.8 Å². The fourth-order valence-corrected chi connectivity index (χ4v) is 1.86. The maximum absolute atomic E-state index is 11.4. The van der Waals surface area contributed by atoms with Crippen LogP contribution in [0.4, 0.5) is 0 Å². The second-order valence-corrected chi connectivity index (χ2v) is 3.68. The number of amides is 1. The van der Waals surface area contributed by atoms with Crippen LogP contribution in [0.2, 0.25) is 0 Å². The van der Waals surface area contributed by atoms with Crippen molar-refractivity contribution in [1.82, 2.24) is 10.4 Å². The average Bonchev–Trinajstić information content (AvgIpc) is 2.61. The highest BCUT2D eigenvalue weighted by molar-refractivity contribution is 5.75. The smallest absolute Gasteiger partial charge is 0.246 e. The molecule has 0 radical (unpaired) electrons. The number of nitrogens with zero attached hydrogens (tertiary/aromatic N) is 1. The van der Waals surface area contributed by atoms with Crippen LogP contribution in [0.5, 0.6) is 0 Å². The van der Waals surface area contributed by atoms with E-state index in [0.29, 0.717) is 19.1 Å². The number of rotatable bonds is 2. The summed E-state index contributed by atoms with van der Waals surface area (Å²) >= 11 is 0. The highest BCUT2D eigenvalue weighted by atomic mass is 16.7. The van der Waals surface area contributed by atoms with Gasteiger partial charge >= 0.3 is 0 Å². The van der Waals surface area contributed by atoms with Crippen molar-refractivity contribution in [2.24, 2.45) is 0 Å². The Kier molecular flexibility index (Phi) is 2.80. The van der Waals surface area contributed by atoms with E-state index < -0.39 is 0 Å². The van der Waals surface area contributed by atoms with Gasteiger partial charge < -0.3 is 5.32 Å². The Hall–Kier alpha value is -0.610. The highest BCUT2D eigenvalue weighted by Gasteiger charge is 2.24. The lowest BCUT2D eigenvalue weighted by molar-refractivity contribution is -0.199. The first kappa shape index (κ1) is 8.97. The van der Waals surface area contributed by atoms with Crippen LogP contribution in [-0.2, 0) is 9.63 Å². The summed E-state index contributed by atoms with van der Waals surface area (Å²) in [6, 6.07) is 0.446. The largest absolute Gasteiger partial charge is 0.312 e. The summed E-state index contributed by atoms with van der Waals surface area (Å²) in [6.07, 6.45) is 3.89. The molecular weight excluding hydrogens is 168 g/mol. The fourth-order valence-electron chi connectivity index (χ4n) is 1.86. The zero-order valence-corrected chi connectivity index (χ0v) is 7.79. The topological polar surface area (TPSA) is 41.6 Å². The molecule has 0 saturated carbocycles. The quantitative estimate of drug-likeness (QED) is 0.670. The van der Waals surface area contributed by atoms with Gasteiger partial charge in [-0.3, -0.25) is 9.63 Å². The van der Waals surface area contributed by atoms with Crippen LogP contribution in [-0.4, -0.2) is 36.7 Å². The van der Waals surface area contributed by atoms with Gasteiger partial charge in [0.05, 0.1) is 13.2 Å². The van der Waals surface area contributed by atoms with Crippen molar-refractivity contribution in [2.75, 3.05) is 19.7 Å². The van der Waals surface area contributed by atoms with Crippen molar-refractivity contribution in [3.05, 3.63) is 0 Å². The maximum atomic E-state index is 11.4. The fraction of sp³-hybridized carbons (Fsp3) is 0.889. The molecule has 2 rings (SSSR count). The lowest BCUT2D eigenvalue weighted by Crippen LogP contribution is -2.43. The van der Waals surface area contributed by atoms with Gasteiger partial charge in [0.1, 0.15) is 0 Å². The maximum Gasteiger partial charge on any atom is 0.246 e. The van der Waals surface area contributed by atoms with Crippen LogP contribution in [0.15, 0.2) is 0 Å². The third-order valence-electron chi connectivity index (χ3n) is 2.61. The monoisotopic (exact) mass is 184 g/mol. The normalized spacial score (nSPS) is 29.7. The SMILES string of the molecule is O=C1CCCON1CC1CCCN1. The summed E-state index contributed by atoms with van der Waals surface area (Å²) < 4.78 is 0. The molecule has 13 heavy (non-hydrogen) atoms. The van der Waals surface area contributed by atoms with E-state index in [1.165, 1.54) is 11.5 Å². The molecule has 2 heterocycles. The molecule has 2 fully saturated rings. The van der Waals surface area contributed by atoms with E-state index in [1.54, 1.807) is 0 Å². The Morgan fingerprint density at radius 2 is 2.46 bits per heavy atom. The summed E-state index contributed by atoms with van der Waals surface area (Å²) in [6.45, 7) is 2.49. The van der Waals surface area contributed by atoms with E-state index in [2.05, 4.69) is 5.32 Å². The summed E-state index contributed by atoms with van der Waals surface area (Å²) in [5, 5.41) is 4.88. The van der Waals surface area contributed by atoms with Crippen LogP contribution in [0, 0.1) is 0 Å². The molecule has 0 aromatic carbocycles. The lowest BCUT2D eigenvalue weighted by atomic mass is 10.2. The van der Waals surface area contributed by atoms with Gasteiger partial charge in [-0.25, -0.2) is 5.06 Å². The number of hydrogen-bond acceptors (Lipinski definition) is 3. The van der Waals surface area contributed by atoms with Gasteiger partial charge in [0.25, 0.3) is 0 Å². The molecule has 2 aliphatic heterocycles. The second kappa shape index (κ2) is 4.07. The molecule has 0 aromatic heterocycles. The van der Waals surface area contributed by atoms with Gasteiger partial charge in [0, 0.05) is 12.5 Å². The third-order valence-corrected chi connectivity index (χ3v) is 2.61. The molecule has 1 amide bonds. The first-order valence-corrected chi connectivity index (χ1v) is 5.03. The number of hydrogen-bond donors (Lipinski definition) is 1. The summed E-state index contributed by atoms with van der Waals surface area (Å²) in [5.41, 5.74) is 0. The highest BCUT2D eigenvalue weighted by Crippen LogP contribution is 2.12. The van der Waals surface area contributed by atoms with Gasteiger partial charge in [0.15, 0.2) is 0 Å². The van der Waals surface area contributed by atoms with Crippen LogP contribution < -0.4 is 5.32 Å². The van der Waals surface area contributed by atoms with Crippen molar-refractivity contribution in [1.29, 1.82) is 0 Å². The molecule has 2 saturated heterocycles. The van der Waals surface area contributed by atoms with Crippen molar-refractivity contribution >= 4 is 5.91 Å². The molecule has 4 heteroatoms. The molecule has 2 aliphatic rings.